The minimum Gasteiger partial charge on any atom is -0.228 e. The molecule has 0 bridgehead atoms. The van der Waals surface area contributed by atoms with Crippen LogP contribution in [0.3, 0.4) is 0 Å². The molecule has 59 heavy (non-hydrogen) atoms. The molecule has 0 amide bonds. The molecule has 12 rings (SSSR count). The number of fused-ring (bicyclic) bond motifs is 12. The van der Waals surface area contributed by atoms with Crippen LogP contribution in [0.15, 0.2) is 194 Å². The molecule has 2 heterocycles. The molecule has 1 spiro atoms. The molecule has 0 saturated heterocycles. The van der Waals surface area contributed by atoms with E-state index >= 15 is 0 Å². The van der Waals surface area contributed by atoms with Gasteiger partial charge in [-0.2, -0.15) is 0 Å². The van der Waals surface area contributed by atoms with Crippen molar-refractivity contribution in [2.75, 3.05) is 0 Å². The van der Waals surface area contributed by atoms with Crippen LogP contribution in [0.25, 0.3) is 76.3 Å². The molecule has 0 N–H and O–H groups in total. The van der Waals surface area contributed by atoms with Gasteiger partial charge in [-0.25, -0.2) is 9.97 Å². The monoisotopic (exact) mass is 770 g/mol. The number of benzene rings is 8. The van der Waals surface area contributed by atoms with Crippen LogP contribution in [0.2, 0.25) is 0 Å². The molecule has 10 aromatic rings. The van der Waals surface area contributed by atoms with E-state index in [-0.39, 0.29) is 5.41 Å². The second-order valence-corrected chi connectivity index (χ2v) is 17.5. The van der Waals surface area contributed by atoms with Gasteiger partial charge in [-0.3, -0.25) is 0 Å². The molecular weight excluding hydrogens is 733 g/mol. The predicted molar refractivity (Wildman–Crippen MR) is 246 cm³/mol. The average molecular weight is 771 g/mol. The first kappa shape index (κ1) is 34.1. The molecule has 0 atom stereocenters. The van der Waals surface area contributed by atoms with Gasteiger partial charge in [-0.05, 0) is 79.9 Å². The summed E-state index contributed by atoms with van der Waals surface area (Å²) >= 11 is 1.82. The van der Waals surface area contributed by atoms with E-state index in [0.717, 1.165) is 39.5 Å². The fourth-order valence-corrected chi connectivity index (χ4v) is 11.5. The van der Waals surface area contributed by atoms with Crippen molar-refractivity contribution in [1.82, 2.24) is 9.97 Å². The largest absolute Gasteiger partial charge is 0.228 e. The molecule has 2 aliphatic carbocycles. The summed E-state index contributed by atoms with van der Waals surface area (Å²) < 4.78 is 2.53. The third-order valence-electron chi connectivity index (χ3n) is 13.0. The zero-order valence-electron chi connectivity index (χ0n) is 32.8. The molecule has 0 aliphatic heterocycles. The smallest absolute Gasteiger partial charge is 0.160 e. The number of nitrogens with zero attached hydrogens (tertiary/aromatic N) is 2. The topological polar surface area (TPSA) is 25.8 Å². The van der Waals surface area contributed by atoms with Gasteiger partial charge in [0.1, 0.15) is 0 Å². The first-order chi connectivity index (χ1) is 29.0. The van der Waals surface area contributed by atoms with E-state index in [4.69, 9.17) is 9.97 Å². The molecular formula is C56H38N2S. The van der Waals surface area contributed by atoms with Crippen LogP contribution in [0.5, 0.6) is 0 Å². The van der Waals surface area contributed by atoms with Gasteiger partial charge in [0, 0.05) is 42.3 Å². The first-order valence-corrected chi connectivity index (χ1v) is 21.2. The van der Waals surface area contributed by atoms with Gasteiger partial charge < -0.3 is 0 Å². The second-order valence-electron chi connectivity index (χ2n) is 16.5. The van der Waals surface area contributed by atoms with Crippen LogP contribution in [0, 0.1) is 0 Å². The number of hydrogen-bond donors (Lipinski definition) is 0. The predicted octanol–water partition coefficient (Wildman–Crippen LogP) is 14.5. The molecule has 3 heteroatoms. The SMILES string of the molecule is CC1(C)c2ccccc2C2(c3ccccc3-c3ccccc32)c2cc(-c3ccccc3-c3cc(-c4ccccc4)nc(-c4ccc5c(c4)sc4ccccc45)n3)ccc21. The van der Waals surface area contributed by atoms with Crippen LogP contribution in [-0.4, -0.2) is 9.97 Å². The Labute approximate surface area is 348 Å². The van der Waals surface area contributed by atoms with E-state index in [1.54, 1.807) is 0 Å². The van der Waals surface area contributed by atoms with Crippen LogP contribution in [0.4, 0.5) is 0 Å². The summed E-state index contributed by atoms with van der Waals surface area (Å²) in [6.07, 6.45) is 0. The Bertz CT molecular complexity index is 3270. The lowest BCUT2D eigenvalue weighted by atomic mass is 9.55. The minimum atomic E-state index is -0.465. The average Bonchev–Trinajstić information content (AvgIpc) is 3.82. The van der Waals surface area contributed by atoms with E-state index in [9.17, 15) is 0 Å². The Hall–Kier alpha value is -6.94. The van der Waals surface area contributed by atoms with E-state index in [0.29, 0.717) is 0 Å². The Morgan fingerprint density at radius 3 is 1.68 bits per heavy atom. The van der Waals surface area contributed by atoms with Crippen molar-refractivity contribution in [2.24, 2.45) is 0 Å². The zero-order chi connectivity index (χ0) is 39.3. The van der Waals surface area contributed by atoms with Crippen molar-refractivity contribution in [2.45, 2.75) is 24.7 Å². The Kier molecular flexibility index (Phi) is 7.39. The standard InChI is InChI=1S/C56H38N2S/c1-55(2)46-25-13-14-26-48(46)56(44-23-11-8-19-39(44)40-20-9-12-24-45(40)56)49-32-36(29-31-47(49)55)38-18-6-7-21-41(38)51-34-50(35-16-4-3-5-17-35)57-54(58-51)37-28-30-43-42-22-10-15-27-52(42)59-53(43)33-37/h3-34H,1-2H3. The molecule has 0 saturated carbocycles. The summed E-state index contributed by atoms with van der Waals surface area (Å²) in [5.41, 5.74) is 17.4. The fraction of sp³-hybridized carbons (Fsp3) is 0.0714. The molecule has 0 fully saturated rings. The van der Waals surface area contributed by atoms with Gasteiger partial charge in [0.2, 0.25) is 0 Å². The van der Waals surface area contributed by atoms with Gasteiger partial charge in [0.15, 0.2) is 5.82 Å². The molecule has 0 radical (unpaired) electrons. The number of rotatable bonds is 4. The molecule has 8 aromatic carbocycles. The Morgan fingerprint density at radius 1 is 0.356 bits per heavy atom. The summed E-state index contributed by atoms with van der Waals surface area (Å²) in [6, 6.07) is 71.3. The van der Waals surface area contributed by atoms with Crippen LogP contribution in [-0.2, 0) is 10.8 Å². The van der Waals surface area contributed by atoms with Crippen LogP contribution >= 0.6 is 11.3 Å². The Morgan fingerprint density at radius 2 is 0.915 bits per heavy atom. The number of thiophene rings is 1. The van der Waals surface area contributed by atoms with Gasteiger partial charge >= 0.3 is 0 Å². The summed E-state index contributed by atoms with van der Waals surface area (Å²) in [5, 5.41) is 2.55. The molecule has 2 nitrogen and oxygen atoms in total. The van der Waals surface area contributed by atoms with Crippen LogP contribution < -0.4 is 0 Å². The maximum atomic E-state index is 5.41. The van der Waals surface area contributed by atoms with Crippen molar-refractivity contribution in [1.29, 1.82) is 0 Å². The highest BCUT2D eigenvalue weighted by Gasteiger charge is 2.53. The molecule has 278 valence electrons. The van der Waals surface area contributed by atoms with Gasteiger partial charge in [-0.1, -0.05) is 184 Å². The van der Waals surface area contributed by atoms with E-state index in [2.05, 4.69) is 208 Å². The lowest BCUT2D eigenvalue weighted by Crippen LogP contribution is -2.40. The Balaban J connectivity index is 1.08. The van der Waals surface area contributed by atoms with Crippen molar-refractivity contribution in [3.05, 3.63) is 228 Å². The molecule has 2 aromatic heterocycles. The molecule has 2 aliphatic rings. The van der Waals surface area contributed by atoms with Gasteiger partial charge in [0.25, 0.3) is 0 Å². The summed E-state index contributed by atoms with van der Waals surface area (Å²) in [6.45, 7) is 4.78. The van der Waals surface area contributed by atoms with Gasteiger partial charge in [-0.15, -0.1) is 11.3 Å². The molecule has 0 unspecified atom stereocenters. The summed E-state index contributed by atoms with van der Waals surface area (Å²) in [5.74, 6) is 0.720. The summed E-state index contributed by atoms with van der Waals surface area (Å²) in [4.78, 5) is 10.7. The number of aromatic nitrogens is 2. The second kappa shape index (κ2) is 12.8. The van der Waals surface area contributed by atoms with Crippen molar-refractivity contribution < 1.29 is 0 Å². The third kappa shape index (κ3) is 4.92. The lowest BCUT2D eigenvalue weighted by Gasteiger charge is -2.47. The first-order valence-electron chi connectivity index (χ1n) is 20.4. The highest BCUT2D eigenvalue weighted by molar-refractivity contribution is 7.25. The number of hydrogen-bond acceptors (Lipinski definition) is 3. The van der Waals surface area contributed by atoms with Crippen molar-refractivity contribution in [3.63, 3.8) is 0 Å². The maximum absolute atomic E-state index is 5.41. The van der Waals surface area contributed by atoms with E-state index < -0.39 is 5.41 Å². The fourth-order valence-electron chi connectivity index (χ4n) is 10.3. The summed E-state index contributed by atoms with van der Waals surface area (Å²) in [7, 11) is 0. The van der Waals surface area contributed by atoms with Crippen molar-refractivity contribution >= 4 is 31.5 Å². The van der Waals surface area contributed by atoms with E-state index in [1.165, 1.54) is 70.2 Å². The maximum Gasteiger partial charge on any atom is 0.160 e. The normalized spacial score (nSPS) is 14.2. The zero-order valence-corrected chi connectivity index (χ0v) is 33.6. The third-order valence-corrected chi connectivity index (χ3v) is 14.1. The minimum absolute atomic E-state index is 0.205. The van der Waals surface area contributed by atoms with Crippen LogP contribution in [0.1, 0.15) is 47.2 Å². The lowest BCUT2D eigenvalue weighted by molar-refractivity contribution is 0.563. The highest BCUT2D eigenvalue weighted by Crippen LogP contribution is 2.62. The quantitative estimate of drug-likeness (QED) is 0.178. The van der Waals surface area contributed by atoms with Crippen molar-refractivity contribution in [3.8, 4) is 56.2 Å². The van der Waals surface area contributed by atoms with Gasteiger partial charge in [0.05, 0.1) is 16.8 Å². The highest BCUT2D eigenvalue weighted by atomic mass is 32.1. The van der Waals surface area contributed by atoms with E-state index in [1.807, 2.05) is 11.3 Å².